The predicted octanol–water partition coefficient (Wildman–Crippen LogP) is 2.24. The Hall–Kier alpha value is -0.770. The van der Waals surface area contributed by atoms with E-state index in [2.05, 4.69) is 5.32 Å². The maximum absolute atomic E-state index is 12.0. The Kier molecular flexibility index (Phi) is 3.58. The lowest BCUT2D eigenvalue weighted by Crippen LogP contribution is -2.35. The lowest BCUT2D eigenvalue weighted by Gasteiger charge is -2.24. The van der Waals surface area contributed by atoms with Crippen LogP contribution in [-0.4, -0.2) is 43.3 Å². The zero-order chi connectivity index (χ0) is 13.4. The molecule has 18 heavy (non-hydrogen) atoms. The average Bonchev–Trinajstić information content (AvgIpc) is 2.70. The van der Waals surface area contributed by atoms with E-state index in [0.717, 1.165) is 32.0 Å². The summed E-state index contributed by atoms with van der Waals surface area (Å²) >= 11 is 0. The van der Waals surface area contributed by atoms with E-state index in [1.54, 1.807) is 0 Å². The van der Waals surface area contributed by atoms with Gasteiger partial charge in [0.2, 0.25) is 0 Å². The van der Waals surface area contributed by atoms with Gasteiger partial charge >= 0.3 is 6.09 Å². The predicted molar refractivity (Wildman–Crippen MR) is 71.5 cm³/mol. The first-order valence-electron chi connectivity index (χ1n) is 6.99. The van der Waals surface area contributed by atoms with Crippen molar-refractivity contribution in [1.82, 2.24) is 10.2 Å². The lowest BCUT2D eigenvalue weighted by atomic mass is 10.0. The number of rotatable bonds is 3. The number of hydrogen-bond donors (Lipinski definition) is 1. The molecule has 2 unspecified atom stereocenters. The van der Waals surface area contributed by atoms with Crippen LogP contribution >= 0.6 is 0 Å². The van der Waals surface area contributed by atoms with Crippen LogP contribution in [0, 0.1) is 11.3 Å². The third-order valence-electron chi connectivity index (χ3n) is 4.14. The molecule has 2 atom stereocenters. The van der Waals surface area contributed by atoms with Crippen LogP contribution in [0.5, 0.6) is 0 Å². The van der Waals surface area contributed by atoms with Crippen molar-refractivity contribution in [2.75, 3.05) is 26.7 Å². The minimum atomic E-state index is -0.387. The number of carbonyl (C=O) groups is 1. The molecule has 0 aromatic carbocycles. The van der Waals surface area contributed by atoms with E-state index in [1.165, 1.54) is 12.8 Å². The highest BCUT2D eigenvalue weighted by molar-refractivity contribution is 5.68. The lowest BCUT2D eigenvalue weighted by molar-refractivity contribution is 0.0284. The number of carbonyl (C=O) groups excluding carboxylic acids is 1. The number of nitrogens with zero attached hydrogens (tertiary/aromatic N) is 1. The van der Waals surface area contributed by atoms with Gasteiger partial charge in [0, 0.05) is 13.1 Å². The molecule has 4 nitrogen and oxygen atoms in total. The monoisotopic (exact) mass is 254 g/mol. The van der Waals surface area contributed by atoms with Crippen LogP contribution in [0.3, 0.4) is 0 Å². The van der Waals surface area contributed by atoms with Crippen LogP contribution in [0.15, 0.2) is 0 Å². The molecule has 1 aliphatic heterocycles. The number of likely N-dealkylation sites (tertiary alicyclic amines) is 1. The molecule has 2 aliphatic rings. The summed E-state index contributed by atoms with van der Waals surface area (Å²) < 4.78 is 5.43. The van der Waals surface area contributed by atoms with Gasteiger partial charge in [-0.25, -0.2) is 4.79 Å². The summed E-state index contributed by atoms with van der Waals surface area (Å²) in [7, 11) is 2.00. The fraction of sp³-hybridized carbons (Fsp3) is 0.929. The Morgan fingerprint density at radius 1 is 1.50 bits per heavy atom. The Morgan fingerprint density at radius 2 is 2.22 bits per heavy atom. The van der Waals surface area contributed by atoms with Gasteiger partial charge in [0.05, 0.1) is 0 Å². The van der Waals surface area contributed by atoms with Gasteiger partial charge in [0.15, 0.2) is 0 Å². The fourth-order valence-electron chi connectivity index (χ4n) is 3.04. The van der Waals surface area contributed by atoms with E-state index in [-0.39, 0.29) is 11.7 Å². The van der Waals surface area contributed by atoms with E-state index in [4.69, 9.17) is 4.74 Å². The van der Waals surface area contributed by atoms with Gasteiger partial charge < -0.3 is 15.0 Å². The number of hydrogen-bond acceptors (Lipinski definition) is 3. The van der Waals surface area contributed by atoms with Crippen molar-refractivity contribution in [1.29, 1.82) is 0 Å². The molecule has 1 heterocycles. The maximum Gasteiger partial charge on any atom is 0.410 e. The van der Waals surface area contributed by atoms with Crippen molar-refractivity contribution in [2.24, 2.45) is 11.3 Å². The molecule has 2 fully saturated rings. The van der Waals surface area contributed by atoms with Crippen molar-refractivity contribution in [2.45, 2.75) is 45.6 Å². The molecule has 1 aliphatic carbocycles. The second-order valence-electron chi connectivity index (χ2n) is 6.81. The van der Waals surface area contributed by atoms with Crippen molar-refractivity contribution in [3.63, 3.8) is 0 Å². The minimum Gasteiger partial charge on any atom is -0.444 e. The molecule has 1 saturated heterocycles. The van der Waals surface area contributed by atoms with Gasteiger partial charge in [0.1, 0.15) is 5.60 Å². The van der Waals surface area contributed by atoms with Crippen LogP contribution in [0.4, 0.5) is 4.79 Å². The third kappa shape index (κ3) is 2.97. The molecular weight excluding hydrogens is 228 g/mol. The van der Waals surface area contributed by atoms with E-state index >= 15 is 0 Å². The van der Waals surface area contributed by atoms with Crippen LogP contribution in [0.2, 0.25) is 0 Å². The summed E-state index contributed by atoms with van der Waals surface area (Å²) in [5, 5.41) is 3.21. The highest BCUT2D eigenvalue weighted by Gasteiger charge is 2.57. The second kappa shape index (κ2) is 4.72. The summed E-state index contributed by atoms with van der Waals surface area (Å²) in [6.45, 7) is 8.61. The van der Waals surface area contributed by atoms with E-state index in [0.29, 0.717) is 5.41 Å². The zero-order valence-electron chi connectivity index (χ0n) is 12.1. The van der Waals surface area contributed by atoms with E-state index in [9.17, 15) is 4.79 Å². The first-order chi connectivity index (χ1) is 8.36. The van der Waals surface area contributed by atoms with Crippen LogP contribution in [0.25, 0.3) is 0 Å². The Balaban J connectivity index is 1.81. The van der Waals surface area contributed by atoms with Crippen LogP contribution in [0.1, 0.15) is 40.0 Å². The topological polar surface area (TPSA) is 41.6 Å². The van der Waals surface area contributed by atoms with Gasteiger partial charge in [-0.3, -0.25) is 0 Å². The average molecular weight is 254 g/mol. The second-order valence-corrected chi connectivity index (χ2v) is 6.81. The zero-order valence-corrected chi connectivity index (χ0v) is 12.1. The van der Waals surface area contributed by atoms with Gasteiger partial charge in [-0.1, -0.05) is 0 Å². The van der Waals surface area contributed by atoms with Crippen molar-refractivity contribution < 1.29 is 9.53 Å². The summed E-state index contributed by atoms with van der Waals surface area (Å²) in [5.41, 5.74) is 0.0374. The van der Waals surface area contributed by atoms with Crippen molar-refractivity contribution in [3.05, 3.63) is 0 Å². The van der Waals surface area contributed by atoms with Gasteiger partial charge in [0.25, 0.3) is 0 Å². The molecule has 0 radical (unpaired) electrons. The SMILES string of the molecule is CNCCC1CC12CCN(C(=O)OC(C)(C)C)C2. The largest absolute Gasteiger partial charge is 0.444 e. The third-order valence-corrected chi connectivity index (χ3v) is 4.14. The molecular formula is C14H26N2O2. The maximum atomic E-state index is 12.0. The summed E-state index contributed by atoms with van der Waals surface area (Å²) in [4.78, 5) is 13.9. The number of nitrogens with one attached hydrogen (secondary N) is 1. The number of ether oxygens (including phenoxy) is 1. The minimum absolute atomic E-state index is 0.140. The molecule has 0 aromatic heterocycles. The van der Waals surface area contributed by atoms with Crippen molar-refractivity contribution in [3.8, 4) is 0 Å². The highest BCUT2D eigenvalue weighted by Crippen LogP contribution is 2.59. The Labute approximate surface area is 110 Å². The molecule has 104 valence electrons. The highest BCUT2D eigenvalue weighted by atomic mass is 16.6. The van der Waals surface area contributed by atoms with Gasteiger partial charge in [-0.15, -0.1) is 0 Å². The van der Waals surface area contributed by atoms with E-state index in [1.807, 2.05) is 32.7 Å². The molecule has 1 saturated carbocycles. The normalized spacial score (nSPS) is 30.9. The molecule has 0 bridgehead atoms. The Bertz CT molecular complexity index is 324. The summed E-state index contributed by atoms with van der Waals surface area (Å²) in [6.07, 6.45) is 3.53. The molecule has 0 aromatic rings. The quantitative estimate of drug-likeness (QED) is 0.840. The van der Waals surface area contributed by atoms with E-state index < -0.39 is 0 Å². The standard InChI is InChI=1S/C14H26N2O2/c1-13(2,3)18-12(17)16-8-6-14(10-16)9-11(14)5-7-15-4/h11,15H,5-10H2,1-4H3. The summed E-state index contributed by atoms with van der Waals surface area (Å²) in [6, 6.07) is 0. The first-order valence-corrected chi connectivity index (χ1v) is 6.99. The molecule has 2 rings (SSSR count). The molecule has 1 spiro atoms. The molecule has 1 amide bonds. The smallest absolute Gasteiger partial charge is 0.410 e. The Morgan fingerprint density at radius 3 is 2.83 bits per heavy atom. The number of amides is 1. The van der Waals surface area contributed by atoms with Gasteiger partial charge in [-0.05, 0) is 65.0 Å². The first kappa shape index (κ1) is 13.7. The fourth-order valence-corrected chi connectivity index (χ4v) is 3.04. The van der Waals surface area contributed by atoms with Gasteiger partial charge in [-0.2, -0.15) is 0 Å². The molecule has 1 N–H and O–H groups in total. The van der Waals surface area contributed by atoms with Crippen molar-refractivity contribution >= 4 is 6.09 Å². The summed E-state index contributed by atoms with van der Waals surface area (Å²) in [5.74, 6) is 0.803. The van der Waals surface area contributed by atoms with Crippen LogP contribution in [-0.2, 0) is 4.74 Å². The molecule has 4 heteroatoms. The van der Waals surface area contributed by atoms with Crippen LogP contribution < -0.4 is 5.32 Å².